The number of sulfonamides is 1. The van der Waals surface area contributed by atoms with Gasteiger partial charge in [-0.1, -0.05) is 44.2 Å². The summed E-state index contributed by atoms with van der Waals surface area (Å²) >= 11 is 0. The van der Waals surface area contributed by atoms with Crippen molar-refractivity contribution < 1.29 is 22.7 Å². The molecule has 1 amide bonds. The Balaban J connectivity index is 1.78. The second-order valence-corrected chi connectivity index (χ2v) is 12.4. The molecule has 236 valence electrons. The monoisotopic (exact) mass is 630 g/mol. The molecule has 0 fully saturated rings. The number of rotatable bonds is 14. The number of hydrogen-bond acceptors (Lipinski definition) is 8. The summed E-state index contributed by atoms with van der Waals surface area (Å²) in [5.41, 5.74) is 6.80. The van der Waals surface area contributed by atoms with Gasteiger partial charge in [-0.15, -0.1) is 0 Å². The van der Waals surface area contributed by atoms with E-state index < -0.39 is 27.4 Å². The number of ether oxygens (including phenoxy) is 1. The number of amides is 1. The predicted octanol–water partition coefficient (Wildman–Crippen LogP) is 3.95. The second-order valence-electron chi connectivity index (χ2n) is 10.7. The zero-order valence-corrected chi connectivity index (χ0v) is 26.7. The summed E-state index contributed by atoms with van der Waals surface area (Å²) in [6.07, 6.45) is 0.754. The van der Waals surface area contributed by atoms with E-state index in [2.05, 4.69) is 29.5 Å². The molecule has 3 aromatic carbocycles. The van der Waals surface area contributed by atoms with Crippen LogP contribution in [0.1, 0.15) is 50.2 Å². The van der Waals surface area contributed by atoms with Crippen LogP contribution in [-0.2, 0) is 42.7 Å². The Morgan fingerprint density at radius 3 is 2.38 bits per heavy atom. The minimum absolute atomic E-state index is 0.0294. The lowest BCUT2D eigenvalue weighted by atomic mass is 9.99. The molecule has 0 bridgehead atoms. The third kappa shape index (κ3) is 7.00. The van der Waals surface area contributed by atoms with E-state index in [-0.39, 0.29) is 23.6 Å². The van der Waals surface area contributed by atoms with Crippen molar-refractivity contribution >= 4 is 38.6 Å². The molecule has 3 N–H and O–H groups in total. The van der Waals surface area contributed by atoms with E-state index in [4.69, 9.17) is 15.5 Å². The van der Waals surface area contributed by atoms with Crippen molar-refractivity contribution in [3.63, 3.8) is 0 Å². The molecule has 0 aliphatic carbocycles. The van der Waals surface area contributed by atoms with Crippen LogP contribution in [0.25, 0.3) is 11.0 Å². The lowest BCUT2D eigenvalue weighted by molar-refractivity contribution is -0.157. The van der Waals surface area contributed by atoms with Crippen molar-refractivity contribution in [2.75, 3.05) is 31.0 Å². The third-order valence-electron chi connectivity index (χ3n) is 7.88. The first-order valence-electron chi connectivity index (χ1n) is 14.8. The van der Waals surface area contributed by atoms with Crippen molar-refractivity contribution in [2.24, 2.45) is 5.73 Å². The van der Waals surface area contributed by atoms with E-state index in [1.54, 1.807) is 61.5 Å². The number of imidazole rings is 1. The standard InChI is InChI=1S/C33H38N6O5S/c1-5-38(6-2)19-18-25-10-8-9-11-29(25)45(42,43)37-26-16-17-28-27(21-26)36-30(20-23-12-14-24(22-34)15-13-23)39(28)33(4,31(35)40)32(41)44-7-3/h8-17,21,37H,5-7,18-20H2,1-4H3,(H2,35,40). The fraction of sp³-hybridized carbons (Fsp3) is 0.333. The molecule has 1 heterocycles. The Morgan fingerprint density at radius 1 is 1.07 bits per heavy atom. The van der Waals surface area contributed by atoms with Gasteiger partial charge < -0.3 is 19.9 Å². The van der Waals surface area contributed by atoms with Gasteiger partial charge in [-0.25, -0.2) is 18.2 Å². The lowest BCUT2D eigenvalue weighted by Gasteiger charge is -2.28. The number of fused-ring (bicyclic) bond motifs is 1. The highest BCUT2D eigenvalue weighted by atomic mass is 32.2. The molecule has 0 saturated heterocycles. The van der Waals surface area contributed by atoms with Gasteiger partial charge in [0.25, 0.3) is 15.9 Å². The molecule has 1 atom stereocenters. The third-order valence-corrected chi connectivity index (χ3v) is 9.36. The van der Waals surface area contributed by atoms with Crippen molar-refractivity contribution in [2.45, 2.75) is 51.0 Å². The molecule has 1 aromatic heterocycles. The lowest BCUT2D eigenvalue weighted by Crippen LogP contribution is -2.51. The minimum atomic E-state index is -3.97. The first-order valence-corrected chi connectivity index (χ1v) is 16.3. The van der Waals surface area contributed by atoms with Gasteiger partial charge in [0, 0.05) is 13.0 Å². The van der Waals surface area contributed by atoms with Gasteiger partial charge in [0.1, 0.15) is 5.82 Å². The minimum Gasteiger partial charge on any atom is -0.464 e. The number of anilines is 1. The largest absolute Gasteiger partial charge is 0.464 e. The molecule has 45 heavy (non-hydrogen) atoms. The Hall–Kier alpha value is -4.73. The summed E-state index contributed by atoms with van der Waals surface area (Å²) < 4.78 is 36.6. The summed E-state index contributed by atoms with van der Waals surface area (Å²) in [5.74, 6) is -1.46. The van der Waals surface area contributed by atoms with Crippen LogP contribution < -0.4 is 10.5 Å². The van der Waals surface area contributed by atoms with Crippen molar-refractivity contribution in [3.8, 4) is 6.07 Å². The van der Waals surface area contributed by atoms with Gasteiger partial charge in [-0.05, 0) is 80.9 Å². The average Bonchev–Trinajstić information content (AvgIpc) is 3.38. The number of primary amides is 1. The second kappa shape index (κ2) is 13.9. The topological polar surface area (TPSA) is 160 Å². The van der Waals surface area contributed by atoms with Crippen LogP contribution in [0.2, 0.25) is 0 Å². The van der Waals surface area contributed by atoms with Gasteiger partial charge in [0.05, 0.1) is 39.9 Å². The number of benzene rings is 3. The Bertz CT molecular complexity index is 1840. The van der Waals surface area contributed by atoms with Gasteiger partial charge in [0.2, 0.25) is 5.54 Å². The van der Waals surface area contributed by atoms with Crippen molar-refractivity contribution in [1.82, 2.24) is 14.5 Å². The summed E-state index contributed by atoms with van der Waals surface area (Å²) in [4.78, 5) is 33.2. The molecule has 12 heteroatoms. The number of carbonyl (C=O) groups excluding carboxylic acids is 2. The maximum absolute atomic E-state index is 13.6. The molecule has 4 rings (SSSR count). The van der Waals surface area contributed by atoms with E-state index in [9.17, 15) is 23.3 Å². The van der Waals surface area contributed by atoms with E-state index in [0.717, 1.165) is 25.2 Å². The van der Waals surface area contributed by atoms with E-state index in [0.29, 0.717) is 34.4 Å². The van der Waals surface area contributed by atoms with Crippen LogP contribution in [0, 0.1) is 11.3 Å². The number of esters is 1. The molecule has 0 spiro atoms. The number of hydrogen-bond donors (Lipinski definition) is 2. The predicted molar refractivity (Wildman–Crippen MR) is 172 cm³/mol. The zero-order chi connectivity index (χ0) is 32.8. The number of nitrogens with one attached hydrogen (secondary N) is 1. The highest BCUT2D eigenvalue weighted by molar-refractivity contribution is 7.92. The smallest absolute Gasteiger partial charge is 0.342 e. The molecule has 0 aliphatic heterocycles. The first-order chi connectivity index (χ1) is 21.5. The molecule has 4 aromatic rings. The van der Waals surface area contributed by atoms with E-state index in [1.807, 2.05) is 12.1 Å². The number of aromatic nitrogens is 2. The van der Waals surface area contributed by atoms with Crippen LogP contribution >= 0.6 is 0 Å². The fourth-order valence-corrected chi connectivity index (χ4v) is 6.59. The van der Waals surface area contributed by atoms with Crippen molar-refractivity contribution in [3.05, 3.63) is 89.2 Å². The summed E-state index contributed by atoms with van der Waals surface area (Å²) in [6.45, 7) is 9.64. The maximum Gasteiger partial charge on any atom is 0.342 e. The Morgan fingerprint density at radius 2 is 1.76 bits per heavy atom. The molecule has 0 radical (unpaired) electrons. The number of nitriles is 1. The SMILES string of the molecule is CCOC(=O)C(C)(C(N)=O)n1c(Cc2ccc(C#N)cc2)nc2cc(NS(=O)(=O)c3ccccc3CCN(CC)CC)ccc21. The highest BCUT2D eigenvalue weighted by Crippen LogP contribution is 2.31. The van der Waals surface area contributed by atoms with Crippen molar-refractivity contribution in [1.29, 1.82) is 5.26 Å². The molecular weight excluding hydrogens is 592 g/mol. The Kier molecular flexibility index (Phi) is 10.3. The maximum atomic E-state index is 13.6. The fourth-order valence-electron chi connectivity index (χ4n) is 5.27. The quantitative estimate of drug-likeness (QED) is 0.156. The molecular formula is C33H38N6O5S. The number of nitrogens with zero attached hydrogens (tertiary/aromatic N) is 4. The normalized spacial score (nSPS) is 12.9. The number of likely N-dealkylation sites (N-methyl/N-ethyl adjacent to an activating group) is 1. The van der Waals surface area contributed by atoms with E-state index in [1.165, 1.54) is 11.5 Å². The summed E-state index contributed by atoms with van der Waals surface area (Å²) in [5, 5.41) is 9.18. The van der Waals surface area contributed by atoms with Gasteiger partial charge in [0.15, 0.2) is 0 Å². The summed E-state index contributed by atoms with van der Waals surface area (Å²) in [7, 11) is -3.97. The van der Waals surface area contributed by atoms with Crippen LogP contribution in [0.15, 0.2) is 71.6 Å². The zero-order valence-electron chi connectivity index (χ0n) is 25.9. The highest BCUT2D eigenvalue weighted by Gasteiger charge is 2.45. The first kappa shape index (κ1) is 33.2. The summed E-state index contributed by atoms with van der Waals surface area (Å²) in [6, 6.07) is 20.5. The van der Waals surface area contributed by atoms with Gasteiger partial charge in [-0.2, -0.15) is 5.26 Å². The van der Waals surface area contributed by atoms with Gasteiger partial charge >= 0.3 is 5.97 Å². The van der Waals surface area contributed by atoms with Crippen LogP contribution in [0.3, 0.4) is 0 Å². The van der Waals surface area contributed by atoms with Gasteiger partial charge in [-0.3, -0.25) is 9.52 Å². The molecule has 0 aliphatic rings. The van der Waals surface area contributed by atoms with Crippen LogP contribution in [0.5, 0.6) is 0 Å². The Labute approximate surface area is 263 Å². The van der Waals surface area contributed by atoms with Crippen LogP contribution in [0.4, 0.5) is 5.69 Å². The van der Waals surface area contributed by atoms with E-state index >= 15 is 0 Å². The molecule has 1 unspecified atom stereocenters. The molecule has 11 nitrogen and oxygen atoms in total. The average molecular weight is 631 g/mol. The molecule has 0 saturated carbocycles. The number of nitrogens with two attached hydrogens (primary N) is 1. The van der Waals surface area contributed by atoms with Crippen LogP contribution in [-0.4, -0.2) is 61.0 Å². The number of carbonyl (C=O) groups is 2.